The van der Waals surface area contributed by atoms with Crippen molar-refractivity contribution in [2.45, 2.75) is 20.4 Å². The molecule has 0 atom stereocenters. The number of hydrogen-bond donors (Lipinski definition) is 2. The number of aryl methyl sites for hydroxylation is 2. The second kappa shape index (κ2) is 2.31. The van der Waals surface area contributed by atoms with Gasteiger partial charge in [0.25, 0.3) is 5.78 Å². The summed E-state index contributed by atoms with van der Waals surface area (Å²) in [6, 6.07) is 0. The molecular formula is C7H11N5. The first-order valence-corrected chi connectivity index (χ1v) is 3.83. The average Bonchev–Trinajstić information content (AvgIpc) is 2.43. The number of aromatic amines is 1. The minimum absolute atomic E-state index is 0.481. The number of fused-ring (bicyclic) bond motifs is 1. The SMILES string of the molecule is Cc1nc2nc(C)c(CN)n2[nH]1. The zero-order valence-corrected chi connectivity index (χ0v) is 7.13. The first kappa shape index (κ1) is 7.30. The Balaban J connectivity index is 2.78. The van der Waals surface area contributed by atoms with Crippen molar-refractivity contribution in [2.24, 2.45) is 5.73 Å². The van der Waals surface area contributed by atoms with Crippen molar-refractivity contribution in [1.82, 2.24) is 19.6 Å². The van der Waals surface area contributed by atoms with Gasteiger partial charge >= 0.3 is 0 Å². The van der Waals surface area contributed by atoms with E-state index in [1.807, 2.05) is 18.4 Å². The molecule has 5 nitrogen and oxygen atoms in total. The van der Waals surface area contributed by atoms with Crippen molar-refractivity contribution in [3.05, 3.63) is 17.2 Å². The minimum Gasteiger partial charge on any atom is -0.325 e. The molecule has 2 aromatic rings. The van der Waals surface area contributed by atoms with Crippen LogP contribution in [-0.2, 0) is 6.54 Å². The van der Waals surface area contributed by atoms with E-state index in [2.05, 4.69) is 15.1 Å². The van der Waals surface area contributed by atoms with Crippen LogP contribution in [0.25, 0.3) is 5.78 Å². The van der Waals surface area contributed by atoms with Gasteiger partial charge in [0, 0.05) is 6.54 Å². The van der Waals surface area contributed by atoms with E-state index in [1.54, 1.807) is 0 Å². The lowest BCUT2D eigenvalue weighted by Crippen LogP contribution is -2.03. The van der Waals surface area contributed by atoms with Crippen LogP contribution in [0.15, 0.2) is 0 Å². The maximum atomic E-state index is 5.56. The fourth-order valence-corrected chi connectivity index (χ4v) is 1.32. The average molecular weight is 165 g/mol. The highest BCUT2D eigenvalue weighted by molar-refractivity contribution is 5.34. The Kier molecular flexibility index (Phi) is 1.41. The van der Waals surface area contributed by atoms with E-state index in [9.17, 15) is 0 Å². The maximum Gasteiger partial charge on any atom is 0.251 e. The molecule has 5 heteroatoms. The molecule has 0 saturated heterocycles. The molecule has 2 rings (SSSR count). The van der Waals surface area contributed by atoms with Gasteiger partial charge in [0.2, 0.25) is 0 Å². The van der Waals surface area contributed by atoms with E-state index in [0.717, 1.165) is 17.2 Å². The summed E-state index contributed by atoms with van der Waals surface area (Å²) in [5.74, 6) is 1.55. The van der Waals surface area contributed by atoms with Crippen molar-refractivity contribution >= 4 is 5.78 Å². The van der Waals surface area contributed by atoms with Gasteiger partial charge in [-0.25, -0.2) is 9.50 Å². The summed E-state index contributed by atoms with van der Waals surface area (Å²) < 4.78 is 1.82. The van der Waals surface area contributed by atoms with Crippen molar-refractivity contribution in [2.75, 3.05) is 0 Å². The van der Waals surface area contributed by atoms with Crippen LogP contribution in [0, 0.1) is 13.8 Å². The quantitative estimate of drug-likeness (QED) is 0.631. The lowest BCUT2D eigenvalue weighted by molar-refractivity contribution is 0.842. The summed E-state index contributed by atoms with van der Waals surface area (Å²) in [7, 11) is 0. The molecule has 0 radical (unpaired) electrons. The standard InChI is InChI=1S/C7H11N5/c1-4-6(3-8)12-7(9-4)10-5(2)11-12/h3,8H2,1-2H3,(H,9,10,11). The van der Waals surface area contributed by atoms with Crippen LogP contribution in [0.1, 0.15) is 17.2 Å². The number of imidazole rings is 1. The summed E-state index contributed by atoms with van der Waals surface area (Å²) in [5, 5.41) is 3.06. The van der Waals surface area contributed by atoms with E-state index in [4.69, 9.17) is 5.73 Å². The molecule has 0 aliphatic rings. The second-order valence-electron chi connectivity index (χ2n) is 2.79. The molecule has 0 spiro atoms. The van der Waals surface area contributed by atoms with Crippen LogP contribution >= 0.6 is 0 Å². The maximum absolute atomic E-state index is 5.56. The predicted octanol–water partition coefficient (Wildman–Crippen LogP) is 0.133. The number of nitrogens with zero attached hydrogens (tertiary/aromatic N) is 3. The van der Waals surface area contributed by atoms with Crippen LogP contribution in [0.5, 0.6) is 0 Å². The fourth-order valence-electron chi connectivity index (χ4n) is 1.32. The van der Waals surface area contributed by atoms with E-state index >= 15 is 0 Å². The third-order valence-electron chi connectivity index (χ3n) is 1.89. The predicted molar refractivity (Wildman–Crippen MR) is 44.7 cm³/mol. The van der Waals surface area contributed by atoms with Crippen molar-refractivity contribution in [3.63, 3.8) is 0 Å². The Morgan fingerprint density at radius 3 is 2.83 bits per heavy atom. The Bertz CT molecular complexity index is 411. The number of hydrogen-bond acceptors (Lipinski definition) is 3. The topological polar surface area (TPSA) is 72.0 Å². The Morgan fingerprint density at radius 1 is 1.42 bits per heavy atom. The van der Waals surface area contributed by atoms with Crippen molar-refractivity contribution in [3.8, 4) is 0 Å². The van der Waals surface area contributed by atoms with Crippen molar-refractivity contribution < 1.29 is 0 Å². The normalized spacial score (nSPS) is 11.2. The summed E-state index contributed by atoms with van der Waals surface area (Å²) in [6.07, 6.45) is 0. The zero-order valence-electron chi connectivity index (χ0n) is 7.13. The van der Waals surface area contributed by atoms with Crippen LogP contribution in [0.2, 0.25) is 0 Å². The van der Waals surface area contributed by atoms with Gasteiger partial charge in [-0.3, -0.25) is 5.10 Å². The van der Waals surface area contributed by atoms with Crippen LogP contribution in [0.3, 0.4) is 0 Å². The Hall–Kier alpha value is -1.36. The molecule has 0 aliphatic heterocycles. The van der Waals surface area contributed by atoms with Crippen LogP contribution < -0.4 is 5.73 Å². The number of rotatable bonds is 1. The molecule has 0 aromatic carbocycles. The van der Waals surface area contributed by atoms with Crippen molar-refractivity contribution in [1.29, 1.82) is 0 Å². The van der Waals surface area contributed by atoms with Gasteiger partial charge < -0.3 is 5.73 Å². The highest BCUT2D eigenvalue weighted by atomic mass is 15.3. The van der Waals surface area contributed by atoms with E-state index in [1.165, 1.54) is 0 Å². The molecule has 64 valence electrons. The number of aromatic nitrogens is 4. The molecule has 0 unspecified atom stereocenters. The Morgan fingerprint density at radius 2 is 2.17 bits per heavy atom. The lowest BCUT2D eigenvalue weighted by atomic mass is 10.3. The summed E-state index contributed by atoms with van der Waals surface area (Å²) in [4.78, 5) is 8.43. The second-order valence-corrected chi connectivity index (χ2v) is 2.79. The number of nitrogens with two attached hydrogens (primary N) is 1. The first-order chi connectivity index (χ1) is 5.72. The van der Waals surface area contributed by atoms with E-state index in [0.29, 0.717) is 12.3 Å². The summed E-state index contributed by atoms with van der Waals surface area (Å²) in [6.45, 7) is 4.30. The third-order valence-corrected chi connectivity index (χ3v) is 1.89. The number of H-pyrrole nitrogens is 1. The summed E-state index contributed by atoms with van der Waals surface area (Å²) >= 11 is 0. The number of nitrogens with one attached hydrogen (secondary N) is 1. The zero-order chi connectivity index (χ0) is 8.72. The smallest absolute Gasteiger partial charge is 0.251 e. The van der Waals surface area contributed by atoms with Crippen LogP contribution in [-0.4, -0.2) is 19.6 Å². The highest BCUT2D eigenvalue weighted by Crippen LogP contribution is 2.08. The highest BCUT2D eigenvalue weighted by Gasteiger charge is 2.09. The van der Waals surface area contributed by atoms with Gasteiger partial charge in [-0.15, -0.1) is 0 Å². The van der Waals surface area contributed by atoms with Gasteiger partial charge in [-0.05, 0) is 13.8 Å². The molecule has 0 amide bonds. The van der Waals surface area contributed by atoms with Crippen LogP contribution in [0.4, 0.5) is 0 Å². The van der Waals surface area contributed by atoms with E-state index < -0.39 is 0 Å². The molecule has 0 saturated carbocycles. The third kappa shape index (κ3) is 0.831. The van der Waals surface area contributed by atoms with Gasteiger partial charge in [0.1, 0.15) is 5.82 Å². The van der Waals surface area contributed by atoms with E-state index in [-0.39, 0.29) is 0 Å². The lowest BCUT2D eigenvalue weighted by Gasteiger charge is -1.93. The fraction of sp³-hybridized carbons (Fsp3) is 0.429. The summed E-state index contributed by atoms with van der Waals surface area (Å²) in [5.41, 5.74) is 7.49. The molecule has 2 heterocycles. The molecule has 2 aromatic heterocycles. The van der Waals surface area contributed by atoms with Gasteiger partial charge in [0.05, 0.1) is 11.4 Å². The van der Waals surface area contributed by atoms with Gasteiger partial charge in [-0.1, -0.05) is 0 Å². The first-order valence-electron chi connectivity index (χ1n) is 3.83. The largest absolute Gasteiger partial charge is 0.325 e. The Labute approximate surface area is 69.6 Å². The van der Waals surface area contributed by atoms with Gasteiger partial charge in [-0.2, -0.15) is 4.98 Å². The monoisotopic (exact) mass is 165 g/mol. The molecule has 0 bridgehead atoms. The van der Waals surface area contributed by atoms with Gasteiger partial charge in [0.15, 0.2) is 0 Å². The molecule has 12 heavy (non-hydrogen) atoms. The minimum atomic E-state index is 0.481. The molecular weight excluding hydrogens is 154 g/mol. The molecule has 0 aliphatic carbocycles. The molecule has 3 N–H and O–H groups in total. The molecule has 0 fully saturated rings.